The Labute approximate surface area is 172 Å². The number of nitrogens with zero attached hydrogens (tertiary/aromatic N) is 4. The van der Waals surface area contributed by atoms with Gasteiger partial charge in [-0.2, -0.15) is 5.10 Å². The van der Waals surface area contributed by atoms with Crippen LogP contribution in [0.2, 0.25) is 0 Å². The first-order valence-corrected chi connectivity index (χ1v) is 9.65. The van der Waals surface area contributed by atoms with Gasteiger partial charge >= 0.3 is 0 Å². The molecule has 8 heteroatoms. The molecule has 2 aromatic carbocycles. The molecule has 8 nitrogen and oxygen atoms in total. The molecule has 1 atom stereocenters. The average Bonchev–Trinajstić information content (AvgIpc) is 3.29. The first-order valence-electron chi connectivity index (χ1n) is 9.65. The monoisotopic (exact) mass is 401 g/mol. The summed E-state index contributed by atoms with van der Waals surface area (Å²) in [7, 11) is 1.77. The van der Waals surface area contributed by atoms with Crippen molar-refractivity contribution < 1.29 is 14.4 Å². The smallest absolute Gasteiger partial charge is 0.260 e. The van der Waals surface area contributed by atoms with E-state index in [1.165, 1.54) is 0 Å². The molecule has 3 aromatic rings. The summed E-state index contributed by atoms with van der Waals surface area (Å²) in [5.74, 6) is -0.551. The lowest BCUT2D eigenvalue weighted by Gasteiger charge is -2.40. The molecule has 5 rings (SSSR count). The minimum absolute atomic E-state index is 0.101. The Morgan fingerprint density at radius 1 is 1.03 bits per heavy atom. The second-order valence-corrected chi connectivity index (χ2v) is 7.35. The molecule has 2 aliphatic rings. The molecular weight excluding hydrogens is 382 g/mol. The predicted octanol–water partition coefficient (Wildman–Crippen LogP) is 2.56. The topological polar surface area (TPSA) is 87.5 Å². The van der Waals surface area contributed by atoms with Crippen LogP contribution in [0.1, 0.15) is 38.9 Å². The van der Waals surface area contributed by atoms with Crippen LogP contribution in [0.4, 0.5) is 11.4 Å². The molecule has 3 amide bonds. The number of aryl methyl sites for hydroxylation is 1. The van der Waals surface area contributed by atoms with Crippen molar-refractivity contribution in [2.45, 2.75) is 12.6 Å². The highest BCUT2D eigenvalue weighted by atomic mass is 16.2. The van der Waals surface area contributed by atoms with Crippen molar-refractivity contribution in [2.75, 3.05) is 16.8 Å². The van der Waals surface area contributed by atoms with Crippen LogP contribution < -0.4 is 10.2 Å². The van der Waals surface area contributed by atoms with Gasteiger partial charge in [0.25, 0.3) is 11.8 Å². The fraction of sp³-hybridized carbons (Fsp3) is 0.182. The molecule has 0 fully saturated rings. The van der Waals surface area contributed by atoms with Crippen molar-refractivity contribution in [1.29, 1.82) is 0 Å². The number of fused-ring (bicyclic) bond motifs is 5. The molecule has 3 heterocycles. The fourth-order valence-corrected chi connectivity index (χ4v) is 4.13. The van der Waals surface area contributed by atoms with E-state index < -0.39 is 6.17 Å². The van der Waals surface area contributed by atoms with Crippen molar-refractivity contribution in [3.8, 4) is 0 Å². The maximum absolute atomic E-state index is 13.3. The molecular formula is C22H19N5O3. The molecule has 0 unspecified atom stereocenters. The number of hydrogen-bond acceptors (Lipinski definition) is 4. The van der Waals surface area contributed by atoms with Gasteiger partial charge in [0, 0.05) is 37.3 Å². The van der Waals surface area contributed by atoms with Crippen LogP contribution in [-0.4, -0.2) is 38.9 Å². The van der Waals surface area contributed by atoms with Crippen LogP contribution in [0.5, 0.6) is 0 Å². The van der Waals surface area contributed by atoms with E-state index in [0.29, 0.717) is 22.5 Å². The van der Waals surface area contributed by atoms with Gasteiger partial charge in [-0.1, -0.05) is 30.3 Å². The Hall–Kier alpha value is -3.94. The van der Waals surface area contributed by atoms with E-state index in [1.807, 2.05) is 24.3 Å². The van der Waals surface area contributed by atoms with Crippen LogP contribution in [0.3, 0.4) is 0 Å². The molecule has 2 aliphatic heterocycles. The van der Waals surface area contributed by atoms with Gasteiger partial charge < -0.3 is 10.2 Å². The lowest BCUT2D eigenvalue weighted by molar-refractivity contribution is -0.116. The number of rotatable bonds is 4. The van der Waals surface area contributed by atoms with Gasteiger partial charge in [-0.25, -0.2) is 0 Å². The average molecular weight is 401 g/mol. The molecule has 0 aliphatic carbocycles. The third-order valence-electron chi connectivity index (χ3n) is 5.45. The number of anilines is 2. The molecule has 0 radical (unpaired) electrons. The Morgan fingerprint density at radius 3 is 2.53 bits per heavy atom. The van der Waals surface area contributed by atoms with Crippen LogP contribution >= 0.6 is 0 Å². The summed E-state index contributed by atoms with van der Waals surface area (Å²) in [6.07, 6.45) is 2.81. The maximum atomic E-state index is 13.3. The molecule has 0 bridgehead atoms. The van der Waals surface area contributed by atoms with Crippen LogP contribution in [0.25, 0.3) is 0 Å². The predicted molar refractivity (Wildman–Crippen MR) is 110 cm³/mol. The second kappa shape index (κ2) is 6.84. The largest absolute Gasteiger partial charge is 0.323 e. The van der Waals surface area contributed by atoms with E-state index in [4.69, 9.17) is 0 Å². The molecule has 0 spiro atoms. The summed E-state index contributed by atoms with van der Waals surface area (Å²) in [6.45, 7) is 0.183. The van der Waals surface area contributed by atoms with Gasteiger partial charge in [0.15, 0.2) is 0 Å². The second-order valence-electron chi connectivity index (χ2n) is 7.35. The van der Waals surface area contributed by atoms with Crippen LogP contribution in [-0.2, 0) is 11.8 Å². The summed E-state index contributed by atoms with van der Waals surface area (Å²) in [5.41, 5.74) is 3.02. The number of hydrogen-bond donors (Lipinski definition) is 1. The maximum Gasteiger partial charge on any atom is 0.260 e. The van der Waals surface area contributed by atoms with Crippen molar-refractivity contribution >= 4 is 29.1 Å². The number of carbonyl (C=O) groups is 3. The summed E-state index contributed by atoms with van der Waals surface area (Å²) in [6, 6.07) is 14.4. The summed E-state index contributed by atoms with van der Waals surface area (Å²) in [4.78, 5) is 42.1. The lowest BCUT2D eigenvalue weighted by atomic mass is 10.0. The van der Waals surface area contributed by atoms with E-state index in [1.54, 1.807) is 58.2 Å². The van der Waals surface area contributed by atoms with E-state index in [0.717, 1.165) is 5.56 Å². The Bertz CT molecular complexity index is 1180. The van der Waals surface area contributed by atoms with Gasteiger partial charge in [-0.05, 0) is 18.2 Å². The van der Waals surface area contributed by atoms with Gasteiger partial charge in [-0.3, -0.25) is 24.0 Å². The van der Waals surface area contributed by atoms with Crippen molar-refractivity contribution in [2.24, 2.45) is 7.05 Å². The Morgan fingerprint density at radius 2 is 1.77 bits per heavy atom. The first kappa shape index (κ1) is 18.1. The minimum Gasteiger partial charge on any atom is -0.323 e. The quantitative estimate of drug-likeness (QED) is 0.728. The van der Waals surface area contributed by atoms with Crippen molar-refractivity contribution in [3.63, 3.8) is 0 Å². The van der Waals surface area contributed by atoms with E-state index in [2.05, 4.69) is 10.4 Å². The highest BCUT2D eigenvalue weighted by Crippen LogP contribution is 2.45. The number of nitrogens with one attached hydrogen (secondary N) is 1. The summed E-state index contributed by atoms with van der Waals surface area (Å²) >= 11 is 0. The SMILES string of the molecule is Cn1cc(NC(=O)CCN2C(=O)c3ccccc3N3C(=O)c4ccccc4[C@@H]23)cn1. The third kappa shape index (κ3) is 2.76. The van der Waals surface area contributed by atoms with Crippen molar-refractivity contribution in [1.82, 2.24) is 14.7 Å². The van der Waals surface area contributed by atoms with Gasteiger partial charge in [0.05, 0.1) is 23.1 Å². The number of benzene rings is 2. The Balaban J connectivity index is 1.46. The molecule has 150 valence electrons. The summed E-state index contributed by atoms with van der Waals surface area (Å²) in [5, 5.41) is 6.81. The fourth-order valence-electron chi connectivity index (χ4n) is 4.13. The number of para-hydroxylation sites is 1. The number of amides is 3. The van der Waals surface area contributed by atoms with Gasteiger partial charge in [0.2, 0.25) is 5.91 Å². The van der Waals surface area contributed by atoms with Gasteiger partial charge in [0.1, 0.15) is 6.17 Å². The van der Waals surface area contributed by atoms with Crippen LogP contribution in [0.15, 0.2) is 60.9 Å². The zero-order valence-corrected chi connectivity index (χ0v) is 16.3. The van der Waals surface area contributed by atoms with Crippen molar-refractivity contribution in [3.05, 3.63) is 77.6 Å². The highest BCUT2D eigenvalue weighted by molar-refractivity contribution is 6.16. The van der Waals surface area contributed by atoms with Crippen LogP contribution in [0, 0.1) is 0 Å². The van der Waals surface area contributed by atoms with E-state index >= 15 is 0 Å². The standard InChI is InChI=1S/C22H19N5O3/c1-25-13-14(12-23-25)24-19(28)10-11-26-20-15-6-2-3-7-16(15)22(30)27(20)18-9-5-4-8-17(18)21(26)29/h2-9,12-13,20H,10-11H2,1H3,(H,24,28)/t20-/m0/s1. The summed E-state index contributed by atoms with van der Waals surface area (Å²) < 4.78 is 1.60. The normalized spacial score (nSPS) is 16.9. The van der Waals surface area contributed by atoms with E-state index in [-0.39, 0.29) is 30.7 Å². The zero-order valence-electron chi connectivity index (χ0n) is 16.3. The van der Waals surface area contributed by atoms with E-state index in [9.17, 15) is 14.4 Å². The lowest BCUT2D eigenvalue weighted by Crippen LogP contribution is -2.48. The highest BCUT2D eigenvalue weighted by Gasteiger charge is 2.47. The molecule has 1 aromatic heterocycles. The number of carbonyl (C=O) groups excluding carboxylic acids is 3. The minimum atomic E-state index is -0.553. The zero-order chi connectivity index (χ0) is 20.8. The van der Waals surface area contributed by atoms with Gasteiger partial charge in [-0.15, -0.1) is 0 Å². The number of aromatic nitrogens is 2. The molecule has 30 heavy (non-hydrogen) atoms. The molecule has 0 saturated heterocycles. The molecule has 1 N–H and O–H groups in total. The third-order valence-corrected chi connectivity index (χ3v) is 5.45. The Kier molecular flexibility index (Phi) is 4.13. The first-order chi connectivity index (χ1) is 14.5. The molecule has 0 saturated carbocycles.